The van der Waals surface area contributed by atoms with E-state index in [0.29, 0.717) is 33.5 Å². The number of hydrogen-bond donors (Lipinski definition) is 2. The predicted molar refractivity (Wildman–Crippen MR) is 119 cm³/mol. The summed E-state index contributed by atoms with van der Waals surface area (Å²) in [5, 5.41) is 5.67. The van der Waals surface area contributed by atoms with Crippen LogP contribution in [0.3, 0.4) is 0 Å². The minimum absolute atomic E-state index is 0.106. The van der Waals surface area contributed by atoms with Gasteiger partial charge in [-0.25, -0.2) is 0 Å². The fraction of sp³-hybridized carbons (Fsp3) is 0.0833. The van der Waals surface area contributed by atoms with E-state index in [-0.39, 0.29) is 22.6 Å². The molecule has 5 nitrogen and oxygen atoms in total. The van der Waals surface area contributed by atoms with Crippen LogP contribution in [0.1, 0.15) is 53.3 Å². The van der Waals surface area contributed by atoms with E-state index in [1.54, 1.807) is 54.6 Å². The summed E-state index contributed by atoms with van der Waals surface area (Å²) in [6.07, 6.45) is 0. The van der Waals surface area contributed by atoms with Crippen molar-refractivity contribution in [3.63, 3.8) is 0 Å². The number of anilines is 1. The van der Waals surface area contributed by atoms with Crippen LogP contribution in [0.15, 0.2) is 60.7 Å². The van der Waals surface area contributed by atoms with Crippen molar-refractivity contribution in [2.24, 2.45) is 0 Å². The zero-order valence-electron chi connectivity index (χ0n) is 16.4. The van der Waals surface area contributed by atoms with Crippen LogP contribution in [0.5, 0.6) is 0 Å². The maximum absolute atomic E-state index is 12.8. The van der Waals surface area contributed by atoms with E-state index >= 15 is 0 Å². The summed E-state index contributed by atoms with van der Waals surface area (Å²) in [4.78, 5) is 38.0. The summed E-state index contributed by atoms with van der Waals surface area (Å²) in [6.45, 7) is 3.84. The van der Waals surface area contributed by atoms with Crippen molar-refractivity contribution in [2.45, 2.75) is 13.8 Å². The van der Waals surface area contributed by atoms with Crippen LogP contribution in [0, 0.1) is 13.8 Å². The number of carbonyl (C=O) groups excluding carboxylic acids is 3. The lowest BCUT2D eigenvalue weighted by molar-refractivity contribution is 0.0976. The SMILES string of the molecule is Cc1cc(C)cc(C(=O)NC(=S)Nc2ccc3c(c2)C(=O)c2ccccc2C3=O)c1. The van der Waals surface area contributed by atoms with Crippen molar-refractivity contribution in [3.05, 3.63) is 99.6 Å². The van der Waals surface area contributed by atoms with Crippen LogP contribution in [-0.4, -0.2) is 22.6 Å². The number of fused-ring (bicyclic) bond motifs is 2. The zero-order chi connectivity index (χ0) is 21.4. The van der Waals surface area contributed by atoms with Gasteiger partial charge in [0.1, 0.15) is 0 Å². The Hall–Kier alpha value is -3.64. The molecule has 0 bridgehead atoms. The molecule has 2 N–H and O–H groups in total. The molecule has 1 aliphatic carbocycles. The number of benzene rings is 3. The van der Waals surface area contributed by atoms with Gasteiger partial charge in [0.2, 0.25) is 0 Å². The summed E-state index contributed by atoms with van der Waals surface area (Å²) in [5.41, 5.74) is 4.46. The van der Waals surface area contributed by atoms with Crippen molar-refractivity contribution >= 4 is 40.5 Å². The normalized spacial score (nSPS) is 12.1. The number of amides is 1. The Kier molecular flexibility index (Phi) is 5.01. The van der Waals surface area contributed by atoms with Crippen LogP contribution >= 0.6 is 12.2 Å². The second kappa shape index (κ2) is 7.65. The largest absolute Gasteiger partial charge is 0.332 e. The molecule has 6 heteroatoms. The van der Waals surface area contributed by atoms with Crippen molar-refractivity contribution in [1.82, 2.24) is 5.32 Å². The lowest BCUT2D eigenvalue weighted by atomic mass is 9.84. The van der Waals surface area contributed by atoms with E-state index in [1.165, 1.54) is 0 Å². The van der Waals surface area contributed by atoms with Gasteiger partial charge in [0.15, 0.2) is 16.7 Å². The molecule has 3 aromatic rings. The molecule has 0 heterocycles. The second-order valence-corrected chi connectivity index (χ2v) is 7.66. The third-order valence-corrected chi connectivity index (χ3v) is 5.10. The van der Waals surface area contributed by atoms with E-state index < -0.39 is 0 Å². The number of thiocarbonyl (C=S) groups is 1. The monoisotopic (exact) mass is 414 g/mol. The molecule has 1 aliphatic rings. The zero-order valence-corrected chi connectivity index (χ0v) is 17.2. The highest BCUT2D eigenvalue weighted by atomic mass is 32.1. The van der Waals surface area contributed by atoms with Crippen LogP contribution < -0.4 is 10.6 Å². The van der Waals surface area contributed by atoms with Gasteiger partial charge < -0.3 is 5.32 Å². The molecule has 30 heavy (non-hydrogen) atoms. The van der Waals surface area contributed by atoms with E-state index in [0.717, 1.165) is 11.1 Å². The maximum Gasteiger partial charge on any atom is 0.257 e. The summed E-state index contributed by atoms with van der Waals surface area (Å²) in [6, 6.07) is 17.2. The number of nitrogens with one attached hydrogen (secondary N) is 2. The highest BCUT2D eigenvalue weighted by Gasteiger charge is 2.29. The Labute approximate surface area is 179 Å². The predicted octanol–water partition coefficient (Wildman–Crippen LogP) is 4.21. The highest BCUT2D eigenvalue weighted by Crippen LogP contribution is 2.29. The summed E-state index contributed by atoms with van der Waals surface area (Å²) in [7, 11) is 0. The number of rotatable bonds is 2. The Balaban J connectivity index is 1.53. The van der Waals surface area contributed by atoms with Gasteiger partial charge in [0.25, 0.3) is 5.91 Å². The molecule has 1 amide bonds. The molecule has 0 fully saturated rings. The van der Waals surface area contributed by atoms with Gasteiger partial charge in [-0.1, -0.05) is 41.5 Å². The molecule has 0 radical (unpaired) electrons. The lowest BCUT2D eigenvalue weighted by Gasteiger charge is -2.18. The third-order valence-electron chi connectivity index (χ3n) is 4.89. The average molecular weight is 414 g/mol. The van der Waals surface area contributed by atoms with E-state index in [1.807, 2.05) is 19.9 Å². The molecule has 0 unspecified atom stereocenters. The Morgan fingerprint density at radius 1 is 0.767 bits per heavy atom. The third kappa shape index (κ3) is 3.65. The smallest absolute Gasteiger partial charge is 0.257 e. The van der Waals surface area contributed by atoms with Gasteiger partial charge in [-0.2, -0.15) is 0 Å². The minimum Gasteiger partial charge on any atom is -0.332 e. The molecule has 3 aromatic carbocycles. The highest BCUT2D eigenvalue weighted by molar-refractivity contribution is 7.80. The standard InChI is InChI=1S/C24H18N2O3S/c1-13-9-14(2)11-15(10-13)23(29)26-24(30)25-16-7-8-19-20(12-16)22(28)18-6-4-3-5-17(18)21(19)27/h3-12H,1-2H3,(H2,25,26,29,30). The van der Waals surface area contributed by atoms with Crippen molar-refractivity contribution in [3.8, 4) is 0 Å². The molecule has 0 saturated heterocycles. The van der Waals surface area contributed by atoms with Gasteiger partial charge in [0, 0.05) is 33.5 Å². The van der Waals surface area contributed by atoms with Crippen LogP contribution in [0.4, 0.5) is 5.69 Å². The van der Waals surface area contributed by atoms with Gasteiger partial charge >= 0.3 is 0 Å². The Bertz CT molecular complexity index is 1230. The van der Waals surface area contributed by atoms with Gasteiger partial charge in [-0.3, -0.25) is 19.7 Å². The van der Waals surface area contributed by atoms with Gasteiger partial charge in [-0.05, 0) is 56.4 Å². The van der Waals surface area contributed by atoms with E-state index in [4.69, 9.17) is 12.2 Å². The van der Waals surface area contributed by atoms with Gasteiger partial charge in [0.05, 0.1) is 0 Å². The van der Waals surface area contributed by atoms with Crippen LogP contribution in [0.25, 0.3) is 0 Å². The Morgan fingerprint density at radius 2 is 1.33 bits per heavy atom. The topological polar surface area (TPSA) is 75.3 Å². The maximum atomic E-state index is 12.8. The molecule has 0 aromatic heterocycles. The van der Waals surface area contributed by atoms with E-state index in [9.17, 15) is 14.4 Å². The molecule has 4 rings (SSSR count). The van der Waals surface area contributed by atoms with Crippen molar-refractivity contribution in [2.75, 3.05) is 5.32 Å². The number of hydrogen-bond acceptors (Lipinski definition) is 4. The molecule has 0 spiro atoms. The molecule has 0 atom stereocenters. The molecule has 148 valence electrons. The van der Waals surface area contributed by atoms with Crippen LogP contribution in [-0.2, 0) is 0 Å². The van der Waals surface area contributed by atoms with E-state index in [2.05, 4.69) is 10.6 Å². The first kappa shape index (κ1) is 19.7. The molecule has 0 aliphatic heterocycles. The molecule has 0 saturated carbocycles. The number of ketones is 2. The molecular weight excluding hydrogens is 396 g/mol. The first-order valence-corrected chi connectivity index (χ1v) is 9.77. The summed E-state index contributed by atoms with van der Waals surface area (Å²) >= 11 is 5.25. The fourth-order valence-corrected chi connectivity index (χ4v) is 3.83. The average Bonchev–Trinajstić information content (AvgIpc) is 2.71. The Morgan fingerprint density at radius 3 is 1.97 bits per heavy atom. The van der Waals surface area contributed by atoms with Crippen molar-refractivity contribution in [1.29, 1.82) is 0 Å². The number of carbonyl (C=O) groups is 3. The van der Waals surface area contributed by atoms with Crippen molar-refractivity contribution < 1.29 is 14.4 Å². The molecular formula is C24H18N2O3S. The minimum atomic E-state index is -0.322. The quantitative estimate of drug-likeness (QED) is 0.481. The van der Waals surface area contributed by atoms with Crippen LogP contribution in [0.2, 0.25) is 0 Å². The first-order valence-electron chi connectivity index (χ1n) is 9.36. The second-order valence-electron chi connectivity index (χ2n) is 7.25. The summed E-state index contributed by atoms with van der Waals surface area (Å²) in [5.74, 6) is -0.719. The number of aryl methyl sites for hydroxylation is 2. The summed E-state index contributed by atoms with van der Waals surface area (Å²) < 4.78 is 0. The van der Waals surface area contributed by atoms with Gasteiger partial charge in [-0.15, -0.1) is 0 Å². The fourth-order valence-electron chi connectivity index (χ4n) is 3.62. The lowest BCUT2D eigenvalue weighted by Crippen LogP contribution is -2.34. The first-order chi connectivity index (χ1) is 14.3.